The lowest BCUT2D eigenvalue weighted by molar-refractivity contribution is -0.384. The SMILES string of the molecule is Cc1nn(CC2CN(S(C)(=O)=O)C2)c2ccc([N+](=O)[O-])cc12. The van der Waals surface area contributed by atoms with Crippen LogP contribution in [0.3, 0.4) is 0 Å². The third-order valence-electron chi connectivity index (χ3n) is 3.95. The molecule has 22 heavy (non-hydrogen) atoms. The van der Waals surface area contributed by atoms with E-state index < -0.39 is 14.9 Å². The summed E-state index contributed by atoms with van der Waals surface area (Å²) in [4.78, 5) is 10.4. The molecule has 3 rings (SSSR count). The average Bonchev–Trinajstić information content (AvgIpc) is 2.68. The number of rotatable bonds is 4. The minimum absolute atomic E-state index is 0.0436. The number of nitro groups is 1. The molecule has 118 valence electrons. The number of nitro benzene ring substituents is 1. The summed E-state index contributed by atoms with van der Waals surface area (Å²) in [7, 11) is -3.12. The summed E-state index contributed by atoms with van der Waals surface area (Å²) < 4.78 is 26.0. The monoisotopic (exact) mass is 324 g/mol. The summed E-state index contributed by atoms with van der Waals surface area (Å²) in [5, 5.41) is 16.0. The first kappa shape index (κ1) is 14.9. The van der Waals surface area contributed by atoms with Crippen molar-refractivity contribution in [2.24, 2.45) is 5.92 Å². The number of hydrogen-bond donors (Lipinski definition) is 0. The van der Waals surface area contributed by atoms with E-state index in [1.165, 1.54) is 22.7 Å². The fraction of sp³-hybridized carbons (Fsp3) is 0.462. The van der Waals surface area contributed by atoms with Gasteiger partial charge in [-0.25, -0.2) is 12.7 Å². The smallest absolute Gasteiger partial charge is 0.264 e. The Balaban J connectivity index is 1.83. The van der Waals surface area contributed by atoms with Crippen molar-refractivity contribution in [3.05, 3.63) is 34.0 Å². The highest BCUT2D eigenvalue weighted by atomic mass is 32.2. The van der Waals surface area contributed by atoms with Gasteiger partial charge < -0.3 is 0 Å². The van der Waals surface area contributed by atoms with Gasteiger partial charge in [-0.15, -0.1) is 0 Å². The van der Waals surface area contributed by atoms with Gasteiger partial charge in [0.25, 0.3) is 5.69 Å². The highest BCUT2D eigenvalue weighted by Gasteiger charge is 2.33. The molecule has 0 N–H and O–H groups in total. The second-order valence-corrected chi connectivity index (χ2v) is 7.65. The largest absolute Gasteiger partial charge is 0.270 e. The van der Waals surface area contributed by atoms with Crippen LogP contribution >= 0.6 is 0 Å². The molecule has 0 atom stereocenters. The first-order valence-corrected chi connectivity index (χ1v) is 8.67. The Morgan fingerprint density at radius 1 is 1.41 bits per heavy atom. The van der Waals surface area contributed by atoms with Crippen LogP contribution < -0.4 is 0 Å². The van der Waals surface area contributed by atoms with E-state index in [1.807, 2.05) is 6.92 Å². The van der Waals surface area contributed by atoms with Crippen LogP contribution in [0.2, 0.25) is 0 Å². The predicted octanol–water partition coefficient (Wildman–Crippen LogP) is 1.14. The van der Waals surface area contributed by atoms with Gasteiger partial charge in [0.1, 0.15) is 0 Å². The highest BCUT2D eigenvalue weighted by molar-refractivity contribution is 7.88. The maximum Gasteiger partial charge on any atom is 0.270 e. The Hall–Kier alpha value is -2.00. The first-order valence-electron chi connectivity index (χ1n) is 6.82. The lowest BCUT2D eigenvalue weighted by atomic mass is 10.0. The molecule has 1 saturated heterocycles. The molecular formula is C13H16N4O4S. The van der Waals surface area contributed by atoms with Crippen LogP contribution in [0.4, 0.5) is 5.69 Å². The molecule has 2 heterocycles. The summed E-state index contributed by atoms with van der Waals surface area (Å²) in [6, 6.07) is 4.68. The molecule has 1 aromatic heterocycles. The van der Waals surface area contributed by atoms with Gasteiger partial charge in [0, 0.05) is 43.1 Å². The second-order valence-electron chi connectivity index (χ2n) is 5.67. The van der Waals surface area contributed by atoms with Crippen LogP contribution in [0.15, 0.2) is 18.2 Å². The molecule has 0 unspecified atom stereocenters. The number of hydrogen-bond acceptors (Lipinski definition) is 5. The average molecular weight is 324 g/mol. The van der Waals surface area contributed by atoms with Gasteiger partial charge in [0.05, 0.1) is 22.4 Å². The van der Waals surface area contributed by atoms with E-state index in [-0.39, 0.29) is 11.6 Å². The minimum Gasteiger partial charge on any atom is -0.264 e. The number of nitrogens with zero attached hydrogens (tertiary/aromatic N) is 4. The van der Waals surface area contributed by atoms with Gasteiger partial charge in [0.2, 0.25) is 10.0 Å². The number of fused-ring (bicyclic) bond motifs is 1. The number of aryl methyl sites for hydroxylation is 1. The maximum absolute atomic E-state index is 11.4. The molecule has 0 bridgehead atoms. The molecule has 1 fully saturated rings. The highest BCUT2D eigenvalue weighted by Crippen LogP contribution is 2.26. The standard InChI is InChI=1S/C13H16N4O4S/c1-9-12-5-11(17(18)19)3-4-13(12)16(14-9)8-10-6-15(7-10)22(2,20)21/h3-5,10H,6-8H2,1-2H3. The topological polar surface area (TPSA) is 98.3 Å². The van der Waals surface area contributed by atoms with Crippen LogP contribution in [0.25, 0.3) is 10.9 Å². The Labute approximate surface area is 127 Å². The van der Waals surface area contributed by atoms with E-state index in [4.69, 9.17) is 0 Å². The van der Waals surface area contributed by atoms with Crippen molar-refractivity contribution in [1.29, 1.82) is 0 Å². The second kappa shape index (κ2) is 5.03. The van der Waals surface area contributed by atoms with Gasteiger partial charge in [0.15, 0.2) is 0 Å². The molecule has 9 heteroatoms. The molecule has 0 amide bonds. The maximum atomic E-state index is 11.4. The van der Waals surface area contributed by atoms with E-state index in [9.17, 15) is 18.5 Å². The van der Waals surface area contributed by atoms with Crippen LogP contribution in [-0.2, 0) is 16.6 Å². The fourth-order valence-electron chi connectivity index (χ4n) is 2.73. The molecule has 0 saturated carbocycles. The van der Waals surface area contributed by atoms with Crippen molar-refractivity contribution in [2.75, 3.05) is 19.3 Å². The zero-order valence-electron chi connectivity index (χ0n) is 12.3. The number of benzene rings is 1. The van der Waals surface area contributed by atoms with Crippen molar-refractivity contribution >= 4 is 26.6 Å². The third-order valence-corrected chi connectivity index (χ3v) is 5.19. The van der Waals surface area contributed by atoms with Gasteiger partial charge in [-0.1, -0.05) is 0 Å². The van der Waals surface area contributed by atoms with Crippen LogP contribution in [0.5, 0.6) is 0 Å². The van der Waals surface area contributed by atoms with E-state index in [0.717, 1.165) is 16.6 Å². The van der Waals surface area contributed by atoms with E-state index in [0.29, 0.717) is 19.6 Å². The molecular weight excluding hydrogens is 308 g/mol. The first-order chi connectivity index (χ1) is 10.3. The van der Waals surface area contributed by atoms with Gasteiger partial charge >= 0.3 is 0 Å². The lowest BCUT2D eigenvalue weighted by Crippen LogP contribution is -2.50. The molecule has 1 aromatic carbocycles. The zero-order valence-corrected chi connectivity index (χ0v) is 13.1. The van der Waals surface area contributed by atoms with Crippen molar-refractivity contribution in [2.45, 2.75) is 13.5 Å². The molecule has 0 spiro atoms. The quantitative estimate of drug-likeness (QED) is 0.620. The van der Waals surface area contributed by atoms with Crippen molar-refractivity contribution < 1.29 is 13.3 Å². The molecule has 2 aromatic rings. The minimum atomic E-state index is -3.12. The van der Waals surface area contributed by atoms with Gasteiger partial charge in [-0.05, 0) is 13.0 Å². The van der Waals surface area contributed by atoms with Crippen molar-refractivity contribution in [3.63, 3.8) is 0 Å². The van der Waals surface area contributed by atoms with Crippen LogP contribution in [0, 0.1) is 23.0 Å². The van der Waals surface area contributed by atoms with Crippen LogP contribution in [0.1, 0.15) is 5.69 Å². The van der Waals surface area contributed by atoms with Crippen molar-refractivity contribution in [1.82, 2.24) is 14.1 Å². The summed E-state index contributed by atoms with van der Waals surface area (Å²) in [5.41, 5.74) is 1.61. The van der Waals surface area contributed by atoms with Gasteiger partial charge in [-0.2, -0.15) is 5.10 Å². The zero-order chi connectivity index (χ0) is 16.1. The molecule has 1 aliphatic rings. The summed E-state index contributed by atoms with van der Waals surface area (Å²) >= 11 is 0. The summed E-state index contributed by atoms with van der Waals surface area (Å²) in [5.74, 6) is 0.215. The third kappa shape index (κ3) is 2.57. The van der Waals surface area contributed by atoms with Gasteiger partial charge in [-0.3, -0.25) is 14.8 Å². The molecule has 0 aliphatic carbocycles. The number of non-ortho nitro benzene ring substituents is 1. The Bertz CT molecular complexity index is 852. The molecule has 0 radical (unpaired) electrons. The fourth-order valence-corrected chi connectivity index (χ4v) is 3.70. The number of aromatic nitrogens is 2. The van der Waals surface area contributed by atoms with E-state index in [1.54, 1.807) is 10.7 Å². The van der Waals surface area contributed by atoms with E-state index >= 15 is 0 Å². The Kier molecular flexibility index (Phi) is 3.41. The molecule has 8 nitrogen and oxygen atoms in total. The lowest BCUT2D eigenvalue weighted by Gasteiger charge is -2.37. The van der Waals surface area contributed by atoms with Crippen molar-refractivity contribution in [3.8, 4) is 0 Å². The van der Waals surface area contributed by atoms with Crippen LogP contribution in [-0.4, -0.2) is 46.8 Å². The predicted molar refractivity (Wildman–Crippen MR) is 81.0 cm³/mol. The Morgan fingerprint density at radius 2 is 2.09 bits per heavy atom. The number of sulfonamides is 1. The molecule has 1 aliphatic heterocycles. The van der Waals surface area contributed by atoms with E-state index in [2.05, 4.69) is 5.10 Å². The normalized spacial score (nSPS) is 16.8. The summed E-state index contributed by atoms with van der Waals surface area (Å²) in [6.45, 7) is 3.40. The Morgan fingerprint density at radius 3 is 2.68 bits per heavy atom. The summed E-state index contributed by atoms with van der Waals surface area (Å²) in [6.07, 6.45) is 1.20.